The molecule has 1 atom stereocenters. The van der Waals surface area contributed by atoms with E-state index in [0.29, 0.717) is 24.9 Å². The lowest BCUT2D eigenvalue weighted by atomic mass is 9.92. The largest absolute Gasteiger partial charge is 0.466 e. The number of rotatable bonds is 12. The summed E-state index contributed by atoms with van der Waals surface area (Å²) in [7, 11) is 0. The zero-order valence-corrected chi connectivity index (χ0v) is 22.5. The standard InChI is InChI=1S/C29H43N3O3/c1-8-23(17-28(33)35-9-2)24-12-15-27(32(18-20(3)4)19-21(5)6)26(16-24)31-29(34)30-25-13-10-22(7)11-14-25/h10-16,20-21,23H,8-9,17-19H2,1-7H3,(H2,30,31,34). The summed E-state index contributed by atoms with van der Waals surface area (Å²) < 4.78 is 5.19. The molecule has 0 aliphatic heterocycles. The maximum atomic E-state index is 13.0. The summed E-state index contributed by atoms with van der Waals surface area (Å²) in [5.74, 6) is 0.758. The molecule has 2 aromatic rings. The minimum absolute atomic E-state index is 0.0208. The summed E-state index contributed by atoms with van der Waals surface area (Å²) in [6.45, 7) is 16.8. The zero-order chi connectivity index (χ0) is 26.0. The van der Waals surface area contributed by atoms with E-state index in [1.54, 1.807) is 0 Å². The molecule has 2 aromatic carbocycles. The van der Waals surface area contributed by atoms with Gasteiger partial charge in [-0.2, -0.15) is 0 Å². The van der Waals surface area contributed by atoms with Gasteiger partial charge in [-0.3, -0.25) is 4.79 Å². The Bertz CT molecular complexity index is 944. The van der Waals surface area contributed by atoms with E-state index in [4.69, 9.17) is 4.74 Å². The third-order valence-electron chi connectivity index (χ3n) is 5.77. The van der Waals surface area contributed by atoms with E-state index in [2.05, 4.69) is 62.3 Å². The smallest absolute Gasteiger partial charge is 0.323 e. The quantitative estimate of drug-likeness (QED) is 0.314. The van der Waals surface area contributed by atoms with Crippen LogP contribution in [0.25, 0.3) is 0 Å². The third-order valence-corrected chi connectivity index (χ3v) is 5.77. The van der Waals surface area contributed by atoms with Crippen LogP contribution >= 0.6 is 0 Å². The van der Waals surface area contributed by atoms with Crippen LogP contribution in [0.15, 0.2) is 42.5 Å². The van der Waals surface area contributed by atoms with Crippen molar-refractivity contribution in [3.8, 4) is 0 Å². The van der Waals surface area contributed by atoms with Crippen LogP contribution in [0.3, 0.4) is 0 Å². The van der Waals surface area contributed by atoms with E-state index in [1.165, 1.54) is 0 Å². The Kier molecular flexibility index (Phi) is 11.1. The SMILES string of the molecule is CCOC(=O)CC(CC)c1ccc(N(CC(C)C)CC(C)C)c(NC(=O)Nc2ccc(C)cc2)c1. The number of nitrogens with one attached hydrogen (secondary N) is 2. The zero-order valence-electron chi connectivity index (χ0n) is 22.5. The fraction of sp³-hybridized carbons (Fsp3) is 0.517. The van der Waals surface area contributed by atoms with Gasteiger partial charge in [-0.05, 0) is 67.9 Å². The van der Waals surface area contributed by atoms with Gasteiger partial charge in [0, 0.05) is 18.8 Å². The topological polar surface area (TPSA) is 70.7 Å². The Balaban J connectivity index is 2.40. The molecule has 2 N–H and O–H groups in total. The fourth-order valence-corrected chi connectivity index (χ4v) is 4.18. The molecule has 0 heterocycles. The number of nitrogens with zero attached hydrogens (tertiary/aromatic N) is 1. The molecule has 35 heavy (non-hydrogen) atoms. The van der Waals surface area contributed by atoms with E-state index < -0.39 is 0 Å². The maximum absolute atomic E-state index is 13.0. The molecule has 0 saturated heterocycles. The first-order valence-electron chi connectivity index (χ1n) is 12.8. The van der Waals surface area contributed by atoms with Gasteiger partial charge >= 0.3 is 12.0 Å². The molecule has 192 valence electrons. The predicted molar refractivity (Wildman–Crippen MR) is 146 cm³/mol. The summed E-state index contributed by atoms with van der Waals surface area (Å²) in [5, 5.41) is 6.02. The lowest BCUT2D eigenvalue weighted by Crippen LogP contribution is -2.32. The van der Waals surface area contributed by atoms with Crippen LogP contribution in [0, 0.1) is 18.8 Å². The van der Waals surface area contributed by atoms with Gasteiger partial charge in [0.1, 0.15) is 0 Å². The monoisotopic (exact) mass is 481 g/mol. The molecule has 0 aromatic heterocycles. The summed E-state index contributed by atoms with van der Waals surface area (Å²) in [6.07, 6.45) is 1.12. The second kappa shape index (κ2) is 13.8. The van der Waals surface area contributed by atoms with Crippen LogP contribution in [0.2, 0.25) is 0 Å². The van der Waals surface area contributed by atoms with Gasteiger partial charge < -0.3 is 20.3 Å². The fourth-order valence-electron chi connectivity index (χ4n) is 4.18. The molecule has 0 spiro atoms. The van der Waals surface area contributed by atoms with Gasteiger partial charge in [-0.15, -0.1) is 0 Å². The Morgan fingerprint density at radius 3 is 2.09 bits per heavy atom. The van der Waals surface area contributed by atoms with Crippen LogP contribution in [-0.2, 0) is 9.53 Å². The van der Waals surface area contributed by atoms with Crippen molar-refractivity contribution in [2.75, 3.05) is 35.2 Å². The molecule has 0 aliphatic rings. The number of hydrogen-bond donors (Lipinski definition) is 2. The summed E-state index contributed by atoms with van der Waals surface area (Å²) in [4.78, 5) is 27.5. The van der Waals surface area contributed by atoms with Crippen molar-refractivity contribution in [2.45, 2.75) is 67.2 Å². The minimum atomic E-state index is -0.292. The summed E-state index contributed by atoms with van der Waals surface area (Å²) in [6, 6.07) is 13.6. The Hall–Kier alpha value is -3.02. The molecule has 6 heteroatoms. The lowest BCUT2D eigenvalue weighted by molar-refractivity contribution is -0.143. The Morgan fingerprint density at radius 2 is 1.54 bits per heavy atom. The number of urea groups is 1. The number of carbonyl (C=O) groups is 2. The highest BCUT2D eigenvalue weighted by molar-refractivity contribution is 6.02. The number of amides is 2. The van der Waals surface area contributed by atoms with Crippen molar-refractivity contribution in [2.24, 2.45) is 11.8 Å². The van der Waals surface area contributed by atoms with Crippen molar-refractivity contribution in [3.63, 3.8) is 0 Å². The number of aryl methyl sites for hydroxylation is 1. The van der Waals surface area contributed by atoms with Crippen molar-refractivity contribution in [1.29, 1.82) is 0 Å². The van der Waals surface area contributed by atoms with Crippen molar-refractivity contribution in [1.82, 2.24) is 0 Å². The van der Waals surface area contributed by atoms with Gasteiger partial charge in [-0.25, -0.2) is 4.79 Å². The van der Waals surface area contributed by atoms with Gasteiger partial charge in [-0.1, -0.05) is 58.4 Å². The van der Waals surface area contributed by atoms with Crippen LogP contribution < -0.4 is 15.5 Å². The van der Waals surface area contributed by atoms with Crippen molar-refractivity contribution < 1.29 is 14.3 Å². The maximum Gasteiger partial charge on any atom is 0.323 e. The second-order valence-corrected chi connectivity index (χ2v) is 10.0. The van der Waals surface area contributed by atoms with E-state index >= 15 is 0 Å². The molecule has 0 aliphatic carbocycles. The first-order chi connectivity index (χ1) is 16.6. The Morgan fingerprint density at radius 1 is 0.914 bits per heavy atom. The average molecular weight is 482 g/mol. The summed E-state index contributed by atoms with van der Waals surface area (Å²) >= 11 is 0. The van der Waals surface area contributed by atoms with Gasteiger partial charge in [0.15, 0.2) is 0 Å². The Labute approximate surface area is 211 Å². The van der Waals surface area contributed by atoms with Gasteiger partial charge in [0.2, 0.25) is 0 Å². The number of anilines is 3. The number of esters is 1. The summed E-state index contributed by atoms with van der Waals surface area (Å²) in [5.41, 5.74) is 4.62. The van der Waals surface area contributed by atoms with Crippen LogP contribution in [0.1, 0.15) is 71.4 Å². The van der Waals surface area contributed by atoms with Gasteiger partial charge in [0.05, 0.1) is 24.4 Å². The van der Waals surface area contributed by atoms with E-state index in [0.717, 1.165) is 47.7 Å². The van der Waals surface area contributed by atoms with E-state index in [1.807, 2.05) is 44.2 Å². The first kappa shape index (κ1) is 28.2. The number of carbonyl (C=O) groups excluding carboxylic acids is 2. The van der Waals surface area contributed by atoms with Crippen molar-refractivity contribution in [3.05, 3.63) is 53.6 Å². The molecular weight excluding hydrogens is 438 g/mol. The second-order valence-electron chi connectivity index (χ2n) is 10.0. The highest BCUT2D eigenvalue weighted by Crippen LogP contribution is 2.34. The minimum Gasteiger partial charge on any atom is -0.466 e. The molecule has 0 fully saturated rings. The molecule has 0 bridgehead atoms. The number of ether oxygens (including phenoxy) is 1. The van der Waals surface area contributed by atoms with Crippen LogP contribution in [-0.4, -0.2) is 31.7 Å². The lowest BCUT2D eigenvalue weighted by Gasteiger charge is -2.31. The molecule has 6 nitrogen and oxygen atoms in total. The molecule has 0 radical (unpaired) electrons. The molecule has 2 amide bonds. The third kappa shape index (κ3) is 9.27. The van der Waals surface area contributed by atoms with Crippen LogP contribution in [0.5, 0.6) is 0 Å². The first-order valence-corrected chi connectivity index (χ1v) is 12.8. The normalized spacial score (nSPS) is 11.9. The van der Waals surface area contributed by atoms with Gasteiger partial charge in [0.25, 0.3) is 0 Å². The molecular formula is C29H43N3O3. The number of hydrogen-bond acceptors (Lipinski definition) is 4. The predicted octanol–water partition coefficient (Wildman–Crippen LogP) is 7.20. The average Bonchev–Trinajstić information content (AvgIpc) is 2.78. The van der Waals surface area contributed by atoms with Crippen LogP contribution in [0.4, 0.5) is 21.9 Å². The molecule has 0 saturated carbocycles. The highest BCUT2D eigenvalue weighted by atomic mass is 16.5. The van der Waals surface area contributed by atoms with E-state index in [9.17, 15) is 9.59 Å². The van der Waals surface area contributed by atoms with E-state index in [-0.39, 0.29) is 17.9 Å². The molecule has 1 unspecified atom stereocenters. The van der Waals surface area contributed by atoms with Crippen molar-refractivity contribution >= 4 is 29.1 Å². The highest BCUT2D eigenvalue weighted by Gasteiger charge is 2.20. The number of benzene rings is 2. The molecule has 2 rings (SSSR count).